The Morgan fingerprint density at radius 1 is 1.11 bits per heavy atom. The third-order valence-electron chi connectivity index (χ3n) is 5.91. The summed E-state index contributed by atoms with van der Waals surface area (Å²) in [5.74, 6) is -9.25. The van der Waals surface area contributed by atoms with Gasteiger partial charge in [0.2, 0.25) is 11.7 Å². The van der Waals surface area contributed by atoms with Gasteiger partial charge in [-0.05, 0) is 48.9 Å². The van der Waals surface area contributed by atoms with E-state index < -0.39 is 47.0 Å². The van der Waals surface area contributed by atoms with Crippen molar-refractivity contribution in [2.45, 2.75) is 31.2 Å². The number of amides is 1. The minimum absolute atomic E-state index is 0.00833. The summed E-state index contributed by atoms with van der Waals surface area (Å²) in [4.78, 5) is 22.3. The van der Waals surface area contributed by atoms with Crippen LogP contribution in [0.1, 0.15) is 24.8 Å². The molecule has 0 aliphatic carbocycles. The molecule has 35 heavy (non-hydrogen) atoms. The Hall–Kier alpha value is -3.60. The molecule has 0 radical (unpaired) electrons. The molecule has 1 aromatic carbocycles. The highest BCUT2D eigenvalue weighted by Gasteiger charge is 2.46. The van der Waals surface area contributed by atoms with Gasteiger partial charge in [0, 0.05) is 31.9 Å². The molecule has 3 heterocycles. The predicted octanol–water partition coefficient (Wildman–Crippen LogP) is 5.14. The van der Waals surface area contributed by atoms with Crippen LogP contribution in [0.3, 0.4) is 0 Å². The molecule has 1 N–H and O–H groups in total. The first-order valence-electron chi connectivity index (χ1n) is 10.8. The molecule has 1 aliphatic heterocycles. The van der Waals surface area contributed by atoms with Gasteiger partial charge in [0.25, 0.3) is 5.92 Å². The summed E-state index contributed by atoms with van der Waals surface area (Å²) < 4.78 is 74.5. The number of alkyl halides is 2. The zero-order chi connectivity index (χ0) is 25.2. The van der Waals surface area contributed by atoms with Crippen LogP contribution < -0.4 is 10.1 Å². The lowest BCUT2D eigenvalue weighted by Gasteiger charge is -2.40. The van der Waals surface area contributed by atoms with Crippen molar-refractivity contribution in [1.29, 1.82) is 0 Å². The first-order valence-corrected chi connectivity index (χ1v) is 10.8. The van der Waals surface area contributed by atoms with Crippen molar-refractivity contribution in [2.75, 3.05) is 18.4 Å². The van der Waals surface area contributed by atoms with E-state index in [4.69, 9.17) is 4.74 Å². The van der Waals surface area contributed by atoms with Crippen molar-refractivity contribution in [3.8, 4) is 11.5 Å². The average Bonchev–Trinajstić information content (AvgIpc) is 2.85. The summed E-state index contributed by atoms with van der Waals surface area (Å²) in [7, 11) is 0. The number of hydrogen-bond acceptors (Lipinski definition) is 5. The molecule has 0 unspecified atom stereocenters. The number of ether oxygens (including phenoxy) is 1. The monoisotopic (exact) mass is 492 g/mol. The molecule has 184 valence electrons. The quantitative estimate of drug-likeness (QED) is 0.382. The molecule has 11 heteroatoms. The summed E-state index contributed by atoms with van der Waals surface area (Å²) >= 11 is 0. The van der Waals surface area contributed by atoms with Gasteiger partial charge in [-0.15, -0.1) is 0 Å². The smallest absolute Gasteiger partial charge is 0.257 e. The van der Waals surface area contributed by atoms with Gasteiger partial charge in [-0.3, -0.25) is 14.7 Å². The van der Waals surface area contributed by atoms with Crippen molar-refractivity contribution in [3.63, 3.8) is 0 Å². The Morgan fingerprint density at radius 3 is 2.54 bits per heavy atom. The molecule has 0 bridgehead atoms. The number of rotatable bonds is 6. The topological polar surface area (TPSA) is 67.3 Å². The minimum Gasteiger partial charge on any atom is -0.453 e. The Kier molecular flexibility index (Phi) is 6.97. The SMILES string of the molecule is C[C@@H](C(=O)Nc1ccc(Oc2ccc(F)c(F)c2F)cn1)N1CCC(F)(F)[C@@H](c2ccncc2)C1. The van der Waals surface area contributed by atoms with Gasteiger partial charge >= 0.3 is 0 Å². The van der Waals surface area contributed by atoms with Gasteiger partial charge in [-0.25, -0.2) is 22.5 Å². The van der Waals surface area contributed by atoms with Crippen molar-refractivity contribution >= 4 is 11.7 Å². The van der Waals surface area contributed by atoms with Crippen LogP contribution >= 0.6 is 0 Å². The van der Waals surface area contributed by atoms with Gasteiger partial charge in [0.15, 0.2) is 17.4 Å². The Bertz CT molecular complexity index is 1190. The van der Waals surface area contributed by atoms with E-state index in [-0.39, 0.29) is 31.1 Å². The number of carbonyl (C=O) groups excluding carboxylic acids is 1. The van der Waals surface area contributed by atoms with E-state index in [1.165, 1.54) is 30.7 Å². The number of hydrogen-bond donors (Lipinski definition) is 1. The first-order chi connectivity index (χ1) is 16.7. The number of benzene rings is 1. The van der Waals surface area contributed by atoms with Crippen LogP contribution in [0.25, 0.3) is 0 Å². The van der Waals surface area contributed by atoms with Crippen molar-refractivity contribution in [1.82, 2.24) is 14.9 Å². The van der Waals surface area contributed by atoms with E-state index in [0.717, 1.165) is 12.1 Å². The van der Waals surface area contributed by atoms with Gasteiger partial charge in [0.05, 0.1) is 18.2 Å². The maximum Gasteiger partial charge on any atom is 0.257 e. The van der Waals surface area contributed by atoms with Crippen molar-refractivity contribution in [2.24, 2.45) is 0 Å². The van der Waals surface area contributed by atoms with Gasteiger partial charge in [0.1, 0.15) is 11.6 Å². The lowest BCUT2D eigenvalue weighted by atomic mass is 9.87. The van der Waals surface area contributed by atoms with Crippen LogP contribution in [0.4, 0.5) is 27.8 Å². The number of piperidine rings is 1. The summed E-state index contributed by atoms with van der Waals surface area (Å²) in [6.45, 7) is 1.65. The molecule has 1 amide bonds. The lowest BCUT2D eigenvalue weighted by molar-refractivity contribution is -0.125. The van der Waals surface area contributed by atoms with Crippen molar-refractivity contribution in [3.05, 3.63) is 78.0 Å². The number of carbonyl (C=O) groups is 1. The summed E-state index contributed by atoms with van der Waals surface area (Å²) in [5.41, 5.74) is 0.456. The van der Waals surface area contributed by atoms with E-state index in [2.05, 4.69) is 15.3 Å². The van der Waals surface area contributed by atoms with Crippen LogP contribution in [0, 0.1) is 17.5 Å². The number of likely N-dealkylation sites (tertiary alicyclic amines) is 1. The largest absolute Gasteiger partial charge is 0.453 e. The van der Waals surface area contributed by atoms with E-state index in [0.29, 0.717) is 5.56 Å². The Morgan fingerprint density at radius 2 is 1.86 bits per heavy atom. The molecule has 1 saturated heterocycles. The molecule has 0 spiro atoms. The van der Waals surface area contributed by atoms with Crippen molar-refractivity contribution < 1.29 is 31.5 Å². The third-order valence-corrected chi connectivity index (χ3v) is 5.91. The maximum atomic E-state index is 14.6. The molecule has 6 nitrogen and oxygen atoms in total. The molecule has 2 aromatic heterocycles. The average molecular weight is 492 g/mol. The molecule has 0 saturated carbocycles. The number of anilines is 1. The molecule has 1 fully saturated rings. The van der Waals surface area contributed by atoms with Crippen LogP contribution in [0.15, 0.2) is 55.0 Å². The molecule has 1 aliphatic rings. The fourth-order valence-corrected chi connectivity index (χ4v) is 3.85. The summed E-state index contributed by atoms with van der Waals surface area (Å²) in [5, 5.41) is 2.60. The number of halogens is 5. The number of nitrogens with zero attached hydrogens (tertiary/aromatic N) is 3. The molecular weight excluding hydrogens is 471 g/mol. The van der Waals surface area contributed by atoms with Crippen LogP contribution in [-0.4, -0.2) is 45.8 Å². The van der Waals surface area contributed by atoms with Gasteiger partial charge in [-0.2, -0.15) is 4.39 Å². The van der Waals surface area contributed by atoms with Gasteiger partial charge < -0.3 is 10.1 Å². The molecule has 4 rings (SSSR count). The highest BCUT2D eigenvalue weighted by Crippen LogP contribution is 2.40. The molecule has 3 aromatic rings. The maximum absolute atomic E-state index is 14.6. The zero-order valence-corrected chi connectivity index (χ0v) is 18.5. The second-order valence-corrected chi connectivity index (χ2v) is 8.16. The van der Waals surface area contributed by atoms with Crippen LogP contribution in [0.2, 0.25) is 0 Å². The Labute approximate surface area is 197 Å². The van der Waals surface area contributed by atoms with Crippen LogP contribution in [0.5, 0.6) is 11.5 Å². The van der Waals surface area contributed by atoms with Crippen LogP contribution in [-0.2, 0) is 4.79 Å². The normalized spacial score (nSPS) is 18.6. The summed E-state index contributed by atoms with van der Waals surface area (Å²) in [6.07, 6.45) is 3.70. The standard InChI is InChI=1S/C24H21F5N4O2/c1-14(33-11-8-24(28,29)17(13-33)15-6-9-30-10-7-15)23(34)32-20-5-2-16(12-31-20)35-19-4-3-18(25)21(26)22(19)27/h2-7,9-10,12,14,17H,8,11,13H2,1H3,(H,31,32,34)/t14-,17+/m0/s1. The van der Waals surface area contributed by atoms with Gasteiger partial charge in [-0.1, -0.05) is 0 Å². The third kappa shape index (κ3) is 5.40. The highest BCUT2D eigenvalue weighted by molar-refractivity contribution is 5.93. The number of aromatic nitrogens is 2. The summed E-state index contributed by atoms with van der Waals surface area (Å²) in [6, 6.07) is 6.78. The minimum atomic E-state index is -2.90. The number of pyridine rings is 2. The predicted molar refractivity (Wildman–Crippen MR) is 117 cm³/mol. The fraction of sp³-hybridized carbons (Fsp3) is 0.292. The fourth-order valence-electron chi connectivity index (χ4n) is 3.85. The first kappa shape index (κ1) is 24.5. The molecule has 2 atom stereocenters. The van der Waals surface area contributed by atoms with E-state index in [9.17, 15) is 26.7 Å². The number of nitrogens with one attached hydrogen (secondary N) is 1. The van der Waals surface area contributed by atoms with E-state index >= 15 is 0 Å². The lowest BCUT2D eigenvalue weighted by Crippen LogP contribution is -2.52. The van der Waals surface area contributed by atoms with E-state index in [1.807, 2.05) is 0 Å². The Balaban J connectivity index is 1.39. The second-order valence-electron chi connectivity index (χ2n) is 8.16. The highest BCUT2D eigenvalue weighted by atomic mass is 19.3. The second kappa shape index (κ2) is 9.95. The molecular formula is C24H21F5N4O2. The van der Waals surface area contributed by atoms with E-state index in [1.54, 1.807) is 24.0 Å². The zero-order valence-electron chi connectivity index (χ0n) is 18.5.